The minimum Gasteiger partial charge on any atom is -0.300 e. The first-order valence-corrected chi connectivity index (χ1v) is 6.10. The van der Waals surface area contributed by atoms with Crippen LogP contribution in [0.5, 0.6) is 0 Å². The highest BCUT2D eigenvalue weighted by Crippen LogP contribution is 2.13. The van der Waals surface area contributed by atoms with Crippen molar-refractivity contribution in [3.05, 3.63) is 22.4 Å². The van der Waals surface area contributed by atoms with E-state index in [1.165, 1.54) is 4.88 Å². The van der Waals surface area contributed by atoms with Crippen molar-refractivity contribution in [2.75, 3.05) is 0 Å². The summed E-state index contributed by atoms with van der Waals surface area (Å²) in [4.78, 5) is 12.8. The summed E-state index contributed by atoms with van der Waals surface area (Å²) >= 11 is 1.74. The van der Waals surface area contributed by atoms with Crippen LogP contribution in [0.25, 0.3) is 0 Å². The first kappa shape index (κ1) is 11.4. The number of rotatable bonds is 6. The Balaban J connectivity index is 2.15. The zero-order valence-electron chi connectivity index (χ0n) is 8.95. The van der Waals surface area contributed by atoms with Gasteiger partial charge in [0.25, 0.3) is 0 Å². The van der Waals surface area contributed by atoms with Gasteiger partial charge in [-0.1, -0.05) is 19.9 Å². The van der Waals surface area contributed by atoms with Crippen molar-refractivity contribution < 1.29 is 4.79 Å². The summed E-state index contributed by atoms with van der Waals surface area (Å²) in [6, 6.07) is 4.14. The second kappa shape index (κ2) is 5.97. The molecule has 0 radical (unpaired) electrons. The van der Waals surface area contributed by atoms with Gasteiger partial charge >= 0.3 is 0 Å². The average Bonchev–Trinajstić information content (AvgIpc) is 2.63. The van der Waals surface area contributed by atoms with Crippen LogP contribution in [0.1, 0.15) is 38.0 Å². The highest BCUT2D eigenvalue weighted by atomic mass is 32.1. The summed E-state index contributed by atoms with van der Waals surface area (Å²) in [7, 11) is 0. The zero-order valence-corrected chi connectivity index (χ0v) is 9.77. The molecule has 1 nitrogen and oxygen atoms in total. The number of carbonyl (C=O) groups excluding carboxylic acids is 1. The van der Waals surface area contributed by atoms with E-state index < -0.39 is 0 Å². The fourth-order valence-electron chi connectivity index (χ4n) is 1.29. The molecular weight excluding hydrogens is 192 g/mol. The number of Topliss-reactive ketones (excluding diaryl/α,β-unsaturated/α-hetero) is 1. The summed E-state index contributed by atoms with van der Waals surface area (Å²) in [6.45, 7) is 4.32. The van der Waals surface area contributed by atoms with Crippen molar-refractivity contribution in [1.29, 1.82) is 0 Å². The maximum absolute atomic E-state index is 11.4. The number of thiophene rings is 1. The van der Waals surface area contributed by atoms with E-state index in [2.05, 4.69) is 25.3 Å². The van der Waals surface area contributed by atoms with Crippen LogP contribution in [-0.4, -0.2) is 5.78 Å². The summed E-state index contributed by atoms with van der Waals surface area (Å²) in [5.74, 6) is 1.05. The summed E-state index contributed by atoms with van der Waals surface area (Å²) in [5.41, 5.74) is 0. The normalized spacial score (nSPS) is 10.8. The molecule has 0 unspecified atom stereocenters. The molecule has 0 aliphatic rings. The van der Waals surface area contributed by atoms with Crippen LogP contribution in [-0.2, 0) is 11.2 Å². The van der Waals surface area contributed by atoms with Gasteiger partial charge in [-0.2, -0.15) is 0 Å². The van der Waals surface area contributed by atoms with E-state index in [4.69, 9.17) is 0 Å². The van der Waals surface area contributed by atoms with Gasteiger partial charge in [0, 0.05) is 17.7 Å². The molecular formula is C12H18OS. The number of ketones is 1. The largest absolute Gasteiger partial charge is 0.300 e. The molecule has 0 spiro atoms. The highest BCUT2D eigenvalue weighted by Gasteiger charge is 2.04. The molecule has 0 aliphatic carbocycles. The predicted octanol–water partition coefficient (Wildman–Crippen LogP) is 3.69. The van der Waals surface area contributed by atoms with E-state index >= 15 is 0 Å². The summed E-state index contributed by atoms with van der Waals surface area (Å²) in [6.07, 6.45) is 3.42. The number of hydrogen-bond acceptors (Lipinski definition) is 2. The highest BCUT2D eigenvalue weighted by molar-refractivity contribution is 7.09. The molecule has 0 amide bonds. The van der Waals surface area contributed by atoms with E-state index in [0.717, 1.165) is 19.3 Å². The minimum atomic E-state index is 0.409. The molecule has 0 bridgehead atoms. The Morgan fingerprint density at radius 2 is 2.21 bits per heavy atom. The van der Waals surface area contributed by atoms with Gasteiger partial charge in [0.2, 0.25) is 0 Å². The Bertz CT molecular complexity index is 262. The lowest BCUT2D eigenvalue weighted by atomic mass is 10.0. The van der Waals surface area contributed by atoms with Crippen molar-refractivity contribution in [3.8, 4) is 0 Å². The van der Waals surface area contributed by atoms with E-state index in [-0.39, 0.29) is 0 Å². The molecule has 0 aromatic carbocycles. The Hall–Kier alpha value is -0.630. The fourth-order valence-corrected chi connectivity index (χ4v) is 2.00. The maximum Gasteiger partial charge on any atom is 0.133 e. The van der Waals surface area contributed by atoms with E-state index in [9.17, 15) is 4.79 Å². The SMILES string of the molecule is CC(C)CCC(=O)CCc1cccs1. The third-order valence-corrected chi connectivity index (χ3v) is 3.17. The van der Waals surface area contributed by atoms with Gasteiger partial charge in [0.15, 0.2) is 0 Å². The van der Waals surface area contributed by atoms with Gasteiger partial charge in [-0.25, -0.2) is 0 Å². The van der Waals surface area contributed by atoms with Gasteiger partial charge in [0.05, 0.1) is 0 Å². The standard InChI is InChI=1S/C12H18OS/c1-10(2)5-6-11(13)7-8-12-4-3-9-14-12/h3-4,9-10H,5-8H2,1-2H3. The van der Waals surface area contributed by atoms with Crippen molar-refractivity contribution in [2.24, 2.45) is 5.92 Å². The summed E-state index contributed by atoms with van der Waals surface area (Å²) in [5, 5.41) is 2.06. The van der Waals surface area contributed by atoms with E-state index in [1.807, 2.05) is 6.07 Å². The Labute approximate surface area is 90.2 Å². The van der Waals surface area contributed by atoms with Crippen LogP contribution in [0, 0.1) is 5.92 Å². The molecule has 0 N–H and O–H groups in total. The first-order valence-electron chi connectivity index (χ1n) is 5.22. The van der Waals surface area contributed by atoms with Crippen molar-refractivity contribution >= 4 is 17.1 Å². The molecule has 0 saturated heterocycles. The van der Waals surface area contributed by atoms with Crippen LogP contribution in [0.3, 0.4) is 0 Å². The fraction of sp³-hybridized carbons (Fsp3) is 0.583. The predicted molar refractivity (Wildman–Crippen MR) is 61.7 cm³/mol. The van der Waals surface area contributed by atoms with Gasteiger partial charge in [-0.05, 0) is 30.2 Å². The third kappa shape index (κ3) is 4.56. The molecule has 1 heterocycles. The molecule has 1 aromatic heterocycles. The number of hydrogen-bond donors (Lipinski definition) is 0. The average molecular weight is 210 g/mol. The second-order valence-corrected chi connectivity index (χ2v) is 5.08. The monoisotopic (exact) mass is 210 g/mol. The van der Waals surface area contributed by atoms with Gasteiger partial charge < -0.3 is 0 Å². The molecule has 14 heavy (non-hydrogen) atoms. The van der Waals surface area contributed by atoms with Crippen LogP contribution in [0.4, 0.5) is 0 Å². The molecule has 1 rings (SSSR count). The van der Waals surface area contributed by atoms with Crippen LogP contribution >= 0.6 is 11.3 Å². The molecule has 1 aromatic rings. The third-order valence-electron chi connectivity index (χ3n) is 2.23. The van der Waals surface area contributed by atoms with Crippen LogP contribution in [0.2, 0.25) is 0 Å². The second-order valence-electron chi connectivity index (χ2n) is 4.05. The van der Waals surface area contributed by atoms with Crippen LogP contribution < -0.4 is 0 Å². The molecule has 78 valence electrons. The lowest BCUT2D eigenvalue weighted by Gasteiger charge is -2.02. The molecule has 2 heteroatoms. The van der Waals surface area contributed by atoms with Crippen LogP contribution in [0.15, 0.2) is 17.5 Å². The number of aryl methyl sites for hydroxylation is 1. The Kier molecular flexibility index (Phi) is 4.88. The van der Waals surface area contributed by atoms with E-state index in [0.29, 0.717) is 18.1 Å². The van der Waals surface area contributed by atoms with Gasteiger partial charge in [-0.15, -0.1) is 11.3 Å². The Morgan fingerprint density at radius 1 is 1.43 bits per heavy atom. The Morgan fingerprint density at radius 3 is 2.79 bits per heavy atom. The lowest BCUT2D eigenvalue weighted by molar-refractivity contribution is -0.119. The maximum atomic E-state index is 11.4. The molecule has 0 saturated carbocycles. The molecule has 0 aliphatic heterocycles. The molecule has 0 atom stereocenters. The molecule has 0 fully saturated rings. The van der Waals surface area contributed by atoms with Gasteiger partial charge in [-0.3, -0.25) is 4.79 Å². The topological polar surface area (TPSA) is 17.1 Å². The van der Waals surface area contributed by atoms with Gasteiger partial charge in [0.1, 0.15) is 5.78 Å². The van der Waals surface area contributed by atoms with Crippen molar-refractivity contribution in [2.45, 2.75) is 39.5 Å². The number of carbonyl (C=O) groups is 1. The minimum absolute atomic E-state index is 0.409. The quantitative estimate of drug-likeness (QED) is 0.700. The smallest absolute Gasteiger partial charge is 0.133 e. The van der Waals surface area contributed by atoms with Crippen molar-refractivity contribution in [1.82, 2.24) is 0 Å². The van der Waals surface area contributed by atoms with Crippen molar-refractivity contribution in [3.63, 3.8) is 0 Å². The zero-order chi connectivity index (χ0) is 10.4. The lowest BCUT2D eigenvalue weighted by Crippen LogP contribution is -2.01. The first-order chi connectivity index (χ1) is 6.68. The summed E-state index contributed by atoms with van der Waals surface area (Å²) < 4.78 is 0. The van der Waals surface area contributed by atoms with E-state index in [1.54, 1.807) is 11.3 Å².